The minimum atomic E-state index is -0.594. The van der Waals surface area contributed by atoms with Crippen molar-refractivity contribution in [3.63, 3.8) is 0 Å². The number of fused-ring (bicyclic) bond motifs is 1. The number of nitrogens with zero attached hydrogens (tertiary/aromatic N) is 1. The number of aromatic nitrogens is 2. The number of hydrogen-bond acceptors (Lipinski definition) is 3. The molecular formula is C18H16ClF2N3O2. The van der Waals surface area contributed by atoms with E-state index in [4.69, 9.17) is 16.3 Å². The van der Waals surface area contributed by atoms with Crippen LogP contribution in [0.5, 0.6) is 5.75 Å². The van der Waals surface area contributed by atoms with E-state index in [9.17, 15) is 13.6 Å². The van der Waals surface area contributed by atoms with Crippen molar-refractivity contribution in [1.82, 2.24) is 10.2 Å². The second kappa shape index (κ2) is 8.14. The molecule has 0 saturated carbocycles. The van der Waals surface area contributed by atoms with Crippen molar-refractivity contribution >= 4 is 34.2 Å². The minimum absolute atomic E-state index is 0.131. The SMILES string of the molecule is O=C(Nc1n[nH]c2ccc(OCCCCF)cc12)c1ccc(F)c(Cl)c1. The normalized spacial score (nSPS) is 10.9. The van der Waals surface area contributed by atoms with Crippen molar-refractivity contribution < 1.29 is 18.3 Å². The van der Waals surface area contributed by atoms with Crippen molar-refractivity contribution in [2.45, 2.75) is 12.8 Å². The number of amides is 1. The van der Waals surface area contributed by atoms with Crippen LogP contribution in [0.1, 0.15) is 23.2 Å². The Balaban J connectivity index is 1.76. The van der Waals surface area contributed by atoms with Gasteiger partial charge in [0.05, 0.1) is 23.8 Å². The van der Waals surface area contributed by atoms with Crippen LogP contribution in [0.25, 0.3) is 10.9 Å². The number of H-pyrrole nitrogens is 1. The van der Waals surface area contributed by atoms with Crippen LogP contribution in [0.4, 0.5) is 14.6 Å². The molecule has 0 bridgehead atoms. The van der Waals surface area contributed by atoms with Crippen LogP contribution in [0.3, 0.4) is 0 Å². The van der Waals surface area contributed by atoms with E-state index < -0.39 is 11.7 Å². The molecule has 0 aliphatic heterocycles. The number of rotatable bonds is 7. The van der Waals surface area contributed by atoms with Crippen molar-refractivity contribution in [1.29, 1.82) is 0 Å². The summed E-state index contributed by atoms with van der Waals surface area (Å²) < 4.78 is 30.9. The Kier molecular flexibility index (Phi) is 5.68. The fourth-order valence-corrected chi connectivity index (χ4v) is 2.56. The zero-order valence-electron chi connectivity index (χ0n) is 13.7. The fraction of sp³-hybridized carbons (Fsp3) is 0.222. The van der Waals surface area contributed by atoms with Gasteiger partial charge in [-0.15, -0.1) is 0 Å². The third-order valence-corrected chi connectivity index (χ3v) is 4.03. The van der Waals surface area contributed by atoms with E-state index in [1.807, 2.05) is 0 Å². The molecule has 3 rings (SSSR count). The van der Waals surface area contributed by atoms with Gasteiger partial charge in [0.2, 0.25) is 0 Å². The molecule has 5 nitrogen and oxygen atoms in total. The molecule has 3 aromatic rings. The number of unbranched alkanes of at least 4 members (excludes halogenated alkanes) is 1. The predicted octanol–water partition coefficient (Wildman–Crippen LogP) is 4.74. The van der Waals surface area contributed by atoms with E-state index in [1.54, 1.807) is 18.2 Å². The predicted molar refractivity (Wildman–Crippen MR) is 96.2 cm³/mol. The molecule has 2 aromatic carbocycles. The highest BCUT2D eigenvalue weighted by atomic mass is 35.5. The topological polar surface area (TPSA) is 67.0 Å². The first-order chi connectivity index (χ1) is 12.6. The molecule has 0 spiro atoms. The zero-order valence-corrected chi connectivity index (χ0v) is 14.4. The average molecular weight is 380 g/mol. The molecule has 1 amide bonds. The fourth-order valence-electron chi connectivity index (χ4n) is 2.38. The maximum absolute atomic E-state index is 13.2. The second-order valence-corrected chi connectivity index (χ2v) is 6.01. The number of benzene rings is 2. The van der Waals surface area contributed by atoms with Crippen LogP contribution in [0.15, 0.2) is 36.4 Å². The zero-order chi connectivity index (χ0) is 18.5. The summed E-state index contributed by atoms with van der Waals surface area (Å²) >= 11 is 5.71. The van der Waals surface area contributed by atoms with Gasteiger partial charge in [0, 0.05) is 10.9 Å². The number of carbonyl (C=O) groups excluding carboxylic acids is 1. The molecule has 0 radical (unpaired) electrons. The van der Waals surface area contributed by atoms with E-state index in [0.29, 0.717) is 41.9 Å². The monoisotopic (exact) mass is 379 g/mol. The average Bonchev–Trinajstić information content (AvgIpc) is 3.03. The first-order valence-electron chi connectivity index (χ1n) is 8.02. The molecular weight excluding hydrogens is 364 g/mol. The van der Waals surface area contributed by atoms with Gasteiger partial charge in [-0.2, -0.15) is 5.10 Å². The van der Waals surface area contributed by atoms with E-state index in [2.05, 4.69) is 15.5 Å². The Morgan fingerprint density at radius 1 is 1.23 bits per heavy atom. The van der Waals surface area contributed by atoms with Gasteiger partial charge in [-0.1, -0.05) is 11.6 Å². The maximum atomic E-state index is 13.2. The summed E-state index contributed by atoms with van der Waals surface area (Å²) in [6.45, 7) is 0.0384. The second-order valence-electron chi connectivity index (χ2n) is 5.61. The van der Waals surface area contributed by atoms with Crippen LogP contribution < -0.4 is 10.1 Å². The van der Waals surface area contributed by atoms with Gasteiger partial charge >= 0.3 is 0 Å². The molecule has 1 heterocycles. The lowest BCUT2D eigenvalue weighted by Gasteiger charge is -2.06. The molecule has 8 heteroatoms. The van der Waals surface area contributed by atoms with Gasteiger partial charge < -0.3 is 10.1 Å². The first kappa shape index (κ1) is 18.1. The Morgan fingerprint density at radius 3 is 2.85 bits per heavy atom. The number of anilines is 1. The van der Waals surface area contributed by atoms with Crippen molar-refractivity contribution in [2.75, 3.05) is 18.6 Å². The molecule has 0 saturated heterocycles. The van der Waals surface area contributed by atoms with Crippen LogP contribution in [-0.4, -0.2) is 29.4 Å². The van der Waals surface area contributed by atoms with Crippen LogP contribution in [0, 0.1) is 5.82 Å². The van der Waals surface area contributed by atoms with E-state index >= 15 is 0 Å². The summed E-state index contributed by atoms with van der Waals surface area (Å²) in [5.74, 6) is -0.143. The Hall–Kier alpha value is -2.67. The smallest absolute Gasteiger partial charge is 0.256 e. The highest BCUT2D eigenvalue weighted by molar-refractivity contribution is 6.31. The summed E-state index contributed by atoms with van der Waals surface area (Å²) in [5, 5.41) is 10.1. The molecule has 2 N–H and O–H groups in total. The van der Waals surface area contributed by atoms with Gasteiger partial charge in [0.25, 0.3) is 5.91 Å². The lowest BCUT2D eigenvalue weighted by molar-refractivity contribution is 0.102. The van der Waals surface area contributed by atoms with Crippen LogP contribution >= 0.6 is 11.6 Å². The standard InChI is InChI=1S/C18H16ClF2N3O2/c19-14-9-11(3-5-15(14)21)18(25)22-17-13-10-12(26-8-2-1-7-20)4-6-16(13)23-24-17/h3-6,9-10H,1-2,7-8H2,(H2,22,23,24,25). The summed E-state index contributed by atoms with van der Waals surface area (Å²) in [5.41, 5.74) is 0.930. The lowest BCUT2D eigenvalue weighted by atomic mass is 10.2. The maximum Gasteiger partial charge on any atom is 0.256 e. The summed E-state index contributed by atoms with van der Waals surface area (Å²) in [4.78, 5) is 12.3. The largest absolute Gasteiger partial charge is 0.494 e. The number of hydrogen-bond donors (Lipinski definition) is 2. The molecule has 0 fully saturated rings. The van der Waals surface area contributed by atoms with Crippen molar-refractivity contribution in [3.05, 3.63) is 52.8 Å². The van der Waals surface area contributed by atoms with Crippen molar-refractivity contribution in [2.24, 2.45) is 0 Å². The van der Waals surface area contributed by atoms with Gasteiger partial charge in [0.1, 0.15) is 11.6 Å². The lowest BCUT2D eigenvalue weighted by Crippen LogP contribution is -2.12. The van der Waals surface area contributed by atoms with Gasteiger partial charge in [0.15, 0.2) is 5.82 Å². The highest BCUT2D eigenvalue weighted by Crippen LogP contribution is 2.26. The number of alkyl halides is 1. The van der Waals surface area contributed by atoms with Gasteiger partial charge in [-0.25, -0.2) is 4.39 Å². The molecule has 136 valence electrons. The van der Waals surface area contributed by atoms with Crippen LogP contribution in [0.2, 0.25) is 5.02 Å². The van der Waals surface area contributed by atoms with Crippen molar-refractivity contribution in [3.8, 4) is 5.75 Å². The quantitative estimate of drug-likeness (QED) is 0.583. The molecule has 0 aliphatic rings. The number of halogens is 3. The van der Waals surface area contributed by atoms with E-state index in [-0.39, 0.29) is 17.3 Å². The molecule has 26 heavy (non-hydrogen) atoms. The summed E-state index contributed by atoms with van der Waals surface area (Å²) in [6.07, 6.45) is 1.07. The van der Waals surface area contributed by atoms with E-state index in [0.717, 1.165) is 6.07 Å². The number of aromatic amines is 1. The molecule has 0 unspecified atom stereocenters. The summed E-state index contributed by atoms with van der Waals surface area (Å²) in [7, 11) is 0. The van der Waals surface area contributed by atoms with E-state index in [1.165, 1.54) is 12.1 Å². The number of nitrogens with one attached hydrogen (secondary N) is 2. The number of carbonyl (C=O) groups is 1. The first-order valence-corrected chi connectivity index (χ1v) is 8.39. The van der Waals surface area contributed by atoms with Crippen LogP contribution in [-0.2, 0) is 0 Å². The number of ether oxygens (including phenoxy) is 1. The van der Waals surface area contributed by atoms with Gasteiger partial charge in [-0.3, -0.25) is 14.3 Å². The molecule has 0 atom stereocenters. The van der Waals surface area contributed by atoms with Gasteiger partial charge in [-0.05, 0) is 49.2 Å². The Labute approximate surface area is 153 Å². The minimum Gasteiger partial charge on any atom is -0.494 e. The third-order valence-electron chi connectivity index (χ3n) is 3.74. The third kappa shape index (κ3) is 4.11. The molecule has 1 aromatic heterocycles. The highest BCUT2D eigenvalue weighted by Gasteiger charge is 2.13. The Morgan fingerprint density at radius 2 is 2.08 bits per heavy atom. The Bertz CT molecular complexity index is 930. The summed E-state index contributed by atoms with van der Waals surface area (Å²) in [6, 6.07) is 8.99. The molecule has 0 aliphatic carbocycles.